The van der Waals surface area contributed by atoms with Crippen molar-refractivity contribution >= 4 is 28.9 Å². The quantitative estimate of drug-likeness (QED) is 0.469. The van der Waals surface area contributed by atoms with E-state index in [0.717, 1.165) is 0 Å². The van der Waals surface area contributed by atoms with Crippen molar-refractivity contribution in [1.29, 1.82) is 5.26 Å². The van der Waals surface area contributed by atoms with Crippen LogP contribution >= 0.6 is 11.6 Å². The predicted octanol–water partition coefficient (Wildman–Crippen LogP) is 4.51. The first-order valence-electron chi connectivity index (χ1n) is 9.53. The molecule has 0 bridgehead atoms. The molecule has 7 nitrogen and oxygen atoms in total. The number of methoxy groups -OCH3 is 1. The summed E-state index contributed by atoms with van der Waals surface area (Å²) in [4.78, 5) is 20.3. The number of ether oxygens (including phenoxy) is 3. The number of halogens is 1. The fourth-order valence-electron chi connectivity index (χ4n) is 3.54. The molecule has 2 heterocycles. The third-order valence-corrected chi connectivity index (χ3v) is 5.20. The highest BCUT2D eigenvalue weighted by Gasteiger charge is 2.35. The Morgan fingerprint density at radius 3 is 2.74 bits per heavy atom. The maximum absolute atomic E-state index is 13.2. The Morgan fingerprint density at radius 1 is 1.29 bits per heavy atom. The minimum Gasteiger partial charge on any atom is -0.497 e. The molecule has 0 amide bonds. The maximum Gasteiger partial charge on any atom is 0.256 e. The Balaban J connectivity index is 2.02. The summed E-state index contributed by atoms with van der Waals surface area (Å²) >= 11 is 6.05. The summed E-state index contributed by atoms with van der Waals surface area (Å²) in [6.07, 6.45) is 1.23. The van der Waals surface area contributed by atoms with E-state index in [1.807, 2.05) is 6.92 Å². The van der Waals surface area contributed by atoms with Crippen molar-refractivity contribution < 1.29 is 14.2 Å². The fraction of sp³-hybridized carbons (Fsp3) is 0.174. The van der Waals surface area contributed by atoms with E-state index in [4.69, 9.17) is 25.8 Å². The zero-order valence-electron chi connectivity index (χ0n) is 16.8. The molecule has 0 aliphatic carbocycles. The minimum atomic E-state index is -0.685. The Hall–Kier alpha value is -3.76. The lowest BCUT2D eigenvalue weighted by Gasteiger charge is -2.26. The van der Waals surface area contributed by atoms with Crippen LogP contribution in [0.4, 0.5) is 0 Å². The van der Waals surface area contributed by atoms with E-state index in [-0.39, 0.29) is 17.0 Å². The third kappa shape index (κ3) is 3.74. The van der Waals surface area contributed by atoms with E-state index in [0.29, 0.717) is 45.2 Å². The number of fused-ring (bicyclic) bond motifs is 3. The SMILES string of the molecule is CCO/C=N/C1=C(C#N)C(c2ccc(Cl)cc2)c2c(c3ccc(OC)cc3[nH]c2=O)O1. The van der Waals surface area contributed by atoms with Gasteiger partial charge in [0.05, 0.1) is 30.7 Å². The highest BCUT2D eigenvalue weighted by atomic mass is 35.5. The second-order valence-electron chi connectivity index (χ2n) is 6.72. The van der Waals surface area contributed by atoms with Crippen LogP contribution < -0.4 is 15.0 Å². The van der Waals surface area contributed by atoms with Crippen molar-refractivity contribution in [2.75, 3.05) is 13.7 Å². The highest BCUT2D eigenvalue weighted by Crippen LogP contribution is 2.44. The van der Waals surface area contributed by atoms with E-state index in [9.17, 15) is 10.1 Å². The summed E-state index contributed by atoms with van der Waals surface area (Å²) in [5, 5.41) is 11.2. The van der Waals surface area contributed by atoms with Crippen molar-refractivity contribution in [3.63, 3.8) is 0 Å². The lowest BCUT2D eigenvalue weighted by Crippen LogP contribution is -2.25. The Bertz CT molecular complexity index is 1300. The third-order valence-electron chi connectivity index (χ3n) is 4.95. The molecule has 3 aromatic rings. The number of aliphatic imine (C=N–C) groups is 1. The summed E-state index contributed by atoms with van der Waals surface area (Å²) in [7, 11) is 1.55. The molecule has 1 aliphatic rings. The van der Waals surface area contributed by atoms with Gasteiger partial charge in [-0.05, 0) is 36.8 Å². The molecule has 8 heteroatoms. The number of hydrogen-bond acceptors (Lipinski definition) is 6. The first-order valence-corrected chi connectivity index (χ1v) is 9.90. The van der Waals surface area contributed by atoms with Gasteiger partial charge in [0.1, 0.15) is 23.1 Å². The van der Waals surface area contributed by atoms with Crippen LogP contribution in [-0.4, -0.2) is 25.1 Å². The Kier molecular flexibility index (Phi) is 5.65. The van der Waals surface area contributed by atoms with Crippen LogP contribution in [0.25, 0.3) is 10.9 Å². The van der Waals surface area contributed by atoms with Gasteiger partial charge in [0.2, 0.25) is 5.88 Å². The smallest absolute Gasteiger partial charge is 0.256 e. The van der Waals surface area contributed by atoms with Gasteiger partial charge in [-0.3, -0.25) is 4.79 Å². The van der Waals surface area contributed by atoms with Crippen molar-refractivity contribution in [3.8, 4) is 17.6 Å². The van der Waals surface area contributed by atoms with Crippen LogP contribution in [0.1, 0.15) is 24.0 Å². The molecule has 2 aromatic carbocycles. The summed E-state index contributed by atoms with van der Waals surface area (Å²) in [5.41, 5.74) is 1.42. The fourth-order valence-corrected chi connectivity index (χ4v) is 3.66. The van der Waals surface area contributed by atoms with Gasteiger partial charge in [-0.1, -0.05) is 23.7 Å². The number of hydrogen-bond donors (Lipinski definition) is 1. The standard InChI is InChI=1S/C23H18ClN3O4/c1-3-30-12-26-23-17(11-25)19(13-4-6-14(24)7-5-13)20-21(31-23)16-9-8-15(29-2)10-18(16)27-22(20)28/h4-10,12,19H,3H2,1-2H3,(H,27,28)/b26-12+. The second kappa shape index (κ2) is 8.54. The molecule has 0 radical (unpaired) electrons. The van der Waals surface area contributed by atoms with Gasteiger partial charge in [-0.15, -0.1) is 0 Å². The van der Waals surface area contributed by atoms with E-state index < -0.39 is 5.92 Å². The van der Waals surface area contributed by atoms with Crippen molar-refractivity contribution in [2.24, 2.45) is 4.99 Å². The molecular formula is C23H18ClN3O4. The number of rotatable bonds is 5. The van der Waals surface area contributed by atoms with Crippen molar-refractivity contribution in [1.82, 2.24) is 4.98 Å². The molecule has 0 fully saturated rings. The van der Waals surface area contributed by atoms with Crippen molar-refractivity contribution in [3.05, 3.63) is 80.4 Å². The van der Waals surface area contributed by atoms with Crippen LogP contribution in [0.15, 0.2) is 63.7 Å². The zero-order valence-corrected chi connectivity index (χ0v) is 17.6. The topological polar surface area (TPSA) is 96.7 Å². The number of benzene rings is 2. The van der Waals surface area contributed by atoms with Gasteiger partial charge in [-0.2, -0.15) is 10.3 Å². The average molecular weight is 436 g/mol. The van der Waals surface area contributed by atoms with Gasteiger partial charge < -0.3 is 19.2 Å². The zero-order chi connectivity index (χ0) is 22.0. The monoisotopic (exact) mass is 435 g/mol. The van der Waals surface area contributed by atoms with Gasteiger partial charge >= 0.3 is 0 Å². The lowest BCUT2D eigenvalue weighted by molar-refractivity contribution is 0.336. The molecule has 4 rings (SSSR count). The molecule has 0 saturated carbocycles. The molecule has 1 N–H and O–H groups in total. The van der Waals surface area contributed by atoms with Crippen LogP contribution in [0.5, 0.6) is 11.5 Å². The van der Waals surface area contributed by atoms with Crippen LogP contribution in [0.3, 0.4) is 0 Å². The summed E-state index contributed by atoms with van der Waals surface area (Å²) in [6.45, 7) is 2.23. The molecule has 31 heavy (non-hydrogen) atoms. The van der Waals surface area contributed by atoms with Crippen LogP contribution in [0, 0.1) is 11.3 Å². The molecule has 0 spiro atoms. The molecule has 1 unspecified atom stereocenters. The lowest BCUT2D eigenvalue weighted by atomic mass is 9.83. The van der Waals surface area contributed by atoms with Gasteiger partial charge in [0.25, 0.3) is 5.56 Å². The molecule has 1 aliphatic heterocycles. The highest BCUT2D eigenvalue weighted by molar-refractivity contribution is 6.30. The molecule has 0 saturated heterocycles. The molecule has 1 aromatic heterocycles. The number of pyridine rings is 1. The van der Waals surface area contributed by atoms with Gasteiger partial charge in [0, 0.05) is 16.5 Å². The van der Waals surface area contributed by atoms with Crippen LogP contribution in [-0.2, 0) is 4.74 Å². The molecule has 156 valence electrons. The number of H-pyrrole nitrogens is 1. The maximum atomic E-state index is 13.2. The number of allylic oxidation sites excluding steroid dienone is 1. The number of aromatic nitrogens is 1. The summed E-state index contributed by atoms with van der Waals surface area (Å²) in [6, 6.07) is 14.4. The second-order valence-corrected chi connectivity index (χ2v) is 7.15. The number of nitrogens with one attached hydrogen (secondary N) is 1. The largest absolute Gasteiger partial charge is 0.497 e. The number of nitriles is 1. The normalized spacial score (nSPS) is 15.5. The summed E-state index contributed by atoms with van der Waals surface area (Å²) in [5.74, 6) is 0.321. The van der Waals surface area contributed by atoms with Crippen molar-refractivity contribution in [2.45, 2.75) is 12.8 Å². The first-order chi connectivity index (χ1) is 15.1. The summed E-state index contributed by atoms with van der Waals surface area (Å²) < 4.78 is 16.5. The average Bonchev–Trinajstić information content (AvgIpc) is 2.78. The van der Waals surface area contributed by atoms with E-state index in [1.54, 1.807) is 49.6 Å². The van der Waals surface area contributed by atoms with Crippen LogP contribution in [0.2, 0.25) is 5.02 Å². The molecular weight excluding hydrogens is 418 g/mol. The predicted molar refractivity (Wildman–Crippen MR) is 118 cm³/mol. The van der Waals surface area contributed by atoms with Gasteiger partial charge in [0.15, 0.2) is 6.40 Å². The minimum absolute atomic E-state index is 0.0751. The first kappa shape index (κ1) is 20.5. The number of aromatic amines is 1. The van der Waals surface area contributed by atoms with E-state index >= 15 is 0 Å². The number of nitrogens with zero attached hydrogens (tertiary/aromatic N) is 2. The van der Waals surface area contributed by atoms with E-state index in [2.05, 4.69) is 16.0 Å². The Labute approximate surface area is 183 Å². The van der Waals surface area contributed by atoms with E-state index in [1.165, 1.54) is 6.40 Å². The molecule has 1 atom stereocenters. The van der Waals surface area contributed by atoms with Gasteiger partial charge in [-0.25, -0.2) is 0 Å². The Morgan fingerprint density at radius 2 is 2.06 bits per heavy atom.